The number of carboxylic acid groups (broad SMARTS) is 1. The summed E-state index contributed by atoms with van der Waals surface area (Å²) in [6, 6.07) is 0. The Labute approximate surface area is 189 Å². The topological polar surface area (TPSA) is 98.6 Å². The normalized spacial score (nSPS) is 19.5. The van der Waals surface area contributed by atoms with Crippen LogP contribution in [0.4, 0.5) is 0 Å². The van der Waals surface area contributed by atoms with Crippen LogP contribution in [0.1, 0.15) is 77.3 Å². The molecule has 8 nitrogen and oxygen atoms in total. The Bertz CT molecular complexity index is 751. The van der Waals surface area contributed by atoms with Crippen LogP contribution in [-0.2, 0) is 14.3 Å². The zero-order valence-electron chi connectivity index (χ0n) is 19.0. The molecule has 0 saturated heterocycles. The zero-order chi connectivity index (χ0) is 22.7. The molecule has 174 valence electrons. The molecule has 9 heteroatoms. The molecule has 0 fully saturated rings. The lowest BCUT2D eigenvalue weighted by molar-refractivity contribution is -0.944. The highest BCUT2D eigenvalue weighted by Crippen LogP contribution is 2.31. The van der Waals surface area contributed by atoms with E-state index in [9.17, 15) is 9.59 Å². The van der Waals surface area contributed by atoms with E-state index in [1.54, 1.807) is 0 Å². The van der Waals surface area contributed by atoms with Crippen molar-refractivity contribution in [1.29, 1.82) is 0 Å². The second-order valence-corrected chi connectivity index (χ2v) is 8.92. The Morgan fingerprint density at radius 3 is 2.71 bits per heavy atom. The van der Waals surface area contributed by atoms with Gasteiger partial charge in [-0.05, 0) is 19.3 Å². The van der Waals surface area contributed by atoms with Crippen molar-refractivity contribution in [3.05, 3.63) is 11.8 Å². The summed E-state index contributed by atoms with van der Waals surface area (Å²) < 4.78 is 21.0. The van der Waals surface area contributed by atoms with Gasteiger partial charge in [0.15, 0.2) is 0 Å². The molecule has 0 amide bonds. The van der Waals surface area contributed by atoms with Gasteiger partial charge < -0.3 is 14.6 Å². The van der Waals surface area contributed by atoms with Crippen LogP contribution in [0.15, 0.2) is 6.08 Å². The first kappa shape index (κ1) is 25.3. The molecule has 0 spiro atoms. The molecule has 1 aromatic heterocycles. The maximum Gasteiger partial charge on any atom is 0.310 e. The van der Waals surface area contributed by atoms with Gasteiger partial charge in [-0.1, -0.05) is 32.3 Å². The third-order valence-corrected chi connectivity index (χ3v) is 6.27. The van der Waals surface area contributed by atoms with Gasteiger partial charge in [0.25, 0.3) is 5.88 Å². The molecular formula is C22H36N3O5S+. The molecule has 2 heterocycles. The summed E-state index contributed by atoms with van der Waals surface area (Å²) in [7, 11) is 2.08. The quantitative estimate of drug-likeness (QED) is 0.255. The standard InChI is InChI=1S/C22H35N3O5S/c1-4-5-6-9-15-29-22-21(23-31-24-22)18-11-10-14-25(3,16-18)17(2)30-20(28)13-8-7-12-19(26)27/h11,17H,4-10,12-16H2,1-3H3/p+1/t17-,25?/m0/s1. The predicted octanol–water partition coefficient (Wildman–Crippen LogP) is 4.27. The summed E-state index contributed by atoms with van der Waals surface area (Å²) in [5.41, 5.74) is 1.88. The summed E-state index contributed by atoms with van der Waals surface area (Å²) in [5, 5.41) is 8.69. The number of carbonyl (C=O) groups excluding carboxylic acids is 1. The first-order valence-electron chi connectivity index (χ1n) is 11.3. The summed E-state index contributed by atoms with van der Waals surface area (Å²) >= 11 is 1.16. The number of nitrogens with zero attached hydrogens (tertiary/aromatic N) is 3. The van der Waals surface area contributed by atoms with E-state index in [1.807, 2.05) is 6.92 Å². The van der Waals surface area contributed by atoms with E-state index in [1.165, 1.54) is 12.8 Å². The number of carboxylic acids is 1. The van der Waals surface area contributed by atoms with Gasteiger partial charge in [-0.15, -0.1) is 4.37 Å². The van der Waals surface area contributed by atoms with Crippen LogP contribution in [0.3, 0.4) is 0 Å². The van der Waals surface area contributed by atoms with Gasteiger partial charge in [0, 0.05) is 31.8 Å². The molecule has 0 bridgehead atoms. The molecule has 2 atom stereocenters. The van der Waals surface area contributed by atoms with Crippen LogP contribution >= 0.6 is 11.7 Å². The van der Waals surface area contributed by atoms with E-state index in [0.29, 0.717) is 36.4 Å². The second-order valence-electron chi connectivity index (χ2n) is 8.40. The fourth-order valence-corrected chi connectivity index (χ4v) is 4.17. The van der Waals surface area contributed by atoms with Gasteiger partial charge in [0.05, 0.1) is 31.9 Å². The summed E-state index contributed by atoms with van der Waals surface area (Å²) in [6.07, 6.45) is 8.63. The Kier molecular flexibility index (Phi) is 10.4. The number of hydrogen-bond acceptors (Lipinski definition) is 7. The molecule has 31 heavy (non-hydrogen) atoms. The Morgan fingerprint density at radius 1 is 1.19 bits per heavy atom. The molecule has 0 radical (unpaired) electrons. The highest BCUT2D eigenvalue weighted by atomic mass is 32.1. The Morgan fingerprint density at radius 2 is 1.97 bits per heavy atom. The van der Waals surface area contributed by atoms with Crippen molar-refractivity contribution in [1.82, 2.24) is 8.75 Å². The number of quaternary nitrogens is 1. The van der Waals surface area contributed by atoms with Crippen molar-refractivity contribution in [3.8, 4) is 5.88 Å². The number of esters is 1. The minimum absolute atomic E-state index is 0.0788. The first-order chi connectivity index (χ1) is 14.9. The zero-order valence-corrected chi connectivity index (χ0v) is 19.8. The van der Waals surface area contributed by atoms with E-state index in [0.717, 1.165) is 48.8 Å². The maximum atomic E-state index is 12.2. The van der Waals surface area contributed by atoms with Crippen LogP contribution < -0.4 is 4.74 Å². The summed E-state index contributed by atoms with van der Waals surface area (Å²) in [4.78, 5) is 22.8. The van der Waals surface area contributed by atoms with Gasteiger partial charge in [-0.3, -0.25) is 14.1 Å². The molecule has 2 rings (SSSR count). The van der Waals surface area contributed by atoms with Crippen LogP contribution in [0.5, 0.6) is 5.88 Å². The molecule has 1 unspecified atom stereocenters. The number of aromatic nitrogens is 2. The van der Waals surface area contributed by atoms with Crippen molar-refractivity contribution in [3.63, 3.8) is 0 Å². The third kappa shape index (κ3) is 8.22. The number of hydrogen-bond donors (Lipinski definition) is 1. The highest BCUT2D eigenvalue weighted by molar-refractivity contribution is 6.99. The van der Waals surface area contributed by atoms with Crippen LogP contribution in [-0.4, -0.2) is 63.2 Å². The van der Waals surface area contributed by atoms with Crippen molar-refractivity contribution in [2.75, 3.05) is 26.7 Å². The molecule has 1 aliphatic heterocycles. The van der Waals surface area contributed by atoms with E-state index < -0.39 is 5.97 Å². The van der Waals surface area contributed by atoms with Crippen molar-refractivity contribution in [2.45, 2.75) is 77.9 Å². The van der Waals surface area contributed by atoms with Crippen molar-refractivity contribution >= 4 is 29.2 Å². The molecule has 1 N–H and O–H groups in total. The van der Waals surface area contributed by atoms with E-state index in [4.69, 9.17) is 14.6 Å². The highest BCUT2D eigenvalue weighted by Gasteiger charge is 2.36. The average Bonchev–Trinajstić information content (AvgIpc) is 3.19. The van der Waals surface area contributed by atoms with Gasteiger partial charge in [-0.2, -0.15) is 4.37 Å². The van der Waals surface area contributed by atoms with Crippen LogP contribution in [0.2, 0.25) is 0 Å². The average molecular weight is 455 g/mol. The predicted molar refractivity (Wildman–Crippen MR) is 120 cm³/mol. The minimum atomic E-state index is -0.840. The number of unbranched alkanes of at least 4 members (excludes halogenated alkanes) is 4. The Balaban J connectivity index is 1.89. The van der Waals surface area contributed by atoms with Gasteiger partial charge in [0.1, 0.15) is 12.2 Å². The van der Waals surface area contributed by atoms with Crippen molar-refractivity contribution in [2.24, 2.45) is 0 Å². The number of carbonyl (C=O) groups is 2. The van der Waals surface area contributed by atoms with Gasteiger partial charge in [-0.25, -0.2) is 0 Å². The third-order valence-electron chi connectivity index (χ3n) is 5.76. The summed E-state index contributed by atoms with van der Waals surface area (Å²) in [6.45, 7) is 6.30. The van der Waals surface area contributed by atoms with E-state index in [-0.39, 0.29) is 25.0 Å². The van der Waals surface area contributed by atoms with E-state index >= 15 is 0 Å². The molecule has 0 saturated carbocycles. The lowest BCUT2D eigenvalue weighted by atomic mass is 10.0. The monoisotopic (exact) mass is 454 g/mol. The smallest absolute Gasteiger partial charge is 0.310 e. The second kappa shape index (κ2) is 12.8. The number of likely N-dealkylation sites (N-methyl/N-ethyl adjacent to an activating group) is 1. The van der Waals surface area contributed by atoms with Crippen LogP contribution in [0.25, 0.3) is 5.57 Å². The van der Waals surface area contributed by atoms with Gasteiger partial charge in [0.2, 0.25) is 6.23 Å². The van der Waals surface area contributed by atoms with Gasteiger partial charge >= 0.3 is 11.9 Å². The van der Waals surface area contributed by atoms with Crippen molar-refractivity contribution < 1.29 is 28.7 Å². The molecule has 1 aromatic rings. The fourth-order valence-electron chi connectivity index (χ4n) is 3.64. The van der Waals surface area contributed by atoms with E-state index in [2.05, 4.69) is 28.8 Å². The first-order valence-corrected chi connectivity index (χ1v) is 12.0. The van der Waals surface area contributed by atoms with Crippen LogP contribution in [0, 0.1) is 0 Å². The largest absolute Gasteiger partial charge is 0.481 e. The molecule has 1 aliphatic rings. The lowest BCUT2D eigenvalue weighted by Gasteiger charge is -2.41. The molecule has 0 aliphatic carbocycles. The molecule has 0 aromatic carbocycles. The maximum absolute atomic E-state index is 12.2. The fraction of sp³-hybridized carbons (Fsp3) is 0.727. The molecular weight excluding hydrogens is 418 g/mol. The Hall–Kier alpha value is -2.00. The number of rotatable bonds is 14. The number of aliphatic carboxylic acids is 1. The summed E-state index contributed by atoms with van der Waals surface area (Å²) in [5.74, 6) is -0.516. The number of ether oxygens (including phenoxy) is 2. The SMILES string of the molecule is CCCCCCOc1nsnc1C1=CCC[N+](C)([C@H](C)OC(=O)CCCCC(=O)O)C1. The lowest BCUT2D eigenvalue weighted by Crippen LogP contribution is -2.55. The minimum Gasteiger partial charge on any atom is -0.481 e.